The average molecular weight is 214 g/mol. The van der Waals surface area contributed by atoms with Crippen LogP contribution in [0.3, 0.4) is 0 Å². The molecular formula is C9H8ClNOS. The predicted octanol–water partition coefficient (Wildman–Crippen LogP) is 3.45. The molecule has 2 aromatic heterocycles. The van der Waals surface area contributed by atoms with Crippen molar-refractivity contribution in [3.05, 3.63) is 28.4 Å². The Bertz CT molecular complexity index is 407. The van der Waals surface area contributed by atoms with E-state index in [-0.39, 0.29) is 0 Å². The van der Waals surface area contributed by atoms with E-state index in [4.69, 9.17) is 16.0 Å². The topological polar surface area (TPSA) is 26.0 Å². The molecule has 0 fully saturated rings. The molecule has 0 saturated carbocycles. The second-order valence-corrected chi connectivity index (χ2v) is 3.73. The van der Waals surface area contributed by atoms with Gasteiger partial charge in [-0.15, -0.1) is 11.6 Å². The monoisotopic (exact) mass is 213 g/mol. The number of oxazole rings is 1. The molecule has 68 valence electrons. The molecule has 0 spiro atoms. The number of aryl methyl sites for hydroxylation is 1. The highest BCUT2D eigenvalue weighted by atomic mass is 35.5. The van der Waals surface area contributed by atoms with E-state index < -0.39 is 0 Å². The van der Waals surface area contributed by atoms with Gasteiger partial charge in [0.1, 0.15) is 0 Å². The molecule has 0 aliphatic rings. The Morgan fingerprint density at radius 1 is 1.54 bits per heavy atom. The molecule has 2 aromatic rings. The van der Waals surface area contributed by atoms with Crippen molar-refractivity contribution < 1.29 is 4.42 Å². The van der Waals surface area contributed by atoms with Gasteiger partial charge < -0.3 is 4.42 Å². The second kappa shape index (κ2) is 3.52. The standard InChI is InChI=1S/C9H8ClNOS/c1-6-4-13-5-7(6)8-3-11-9(2-10)12-8/h3-5H,2H2,1H3. The predicted molar refractivity (Wildman–Crippen MR) is 54.1 cm³/mol. The molecule has 0 aromatic carbocycles. The Labute approximate surface area is 85.2 Å². The first kappa shape index (κ1) is 8.78. The van der Waals surface area contributed by atoms with Gasteiger partial charge in [0.25, 0.3) is 0 Å². The van der Waals surface area contributed by atoms with Crippen LogP contribution in [0.1, 0.15) is 11.5 Å². The first-order valence-corrected chi connectivity index (χ1v) is 5.33. The second-order valence-electron chi connectivity index (χ2n) is 2.72. The molecule has 0 saturated heterocycles. The van der Waals surface area contributed by atoms with Crippen molar-refractivity contribution in [2.75, 3.05) is 0 Å². The molecule has 0 N–H and O–H groups in total. The zero-order valence-corrected chi connectivity index (χ0v) is 8.65. The van der Waals surface area contributed by atoms with E-state index in [0.29, 0.717) is 11.8 Å². The molecule has 0 unspecified atom stereocenters. The largest absolute Gasteiger partial charge is 0.439 e. The number of aromatic nitrogens is 1. The van der Waals surface area contributed by atoms with Gasteiger partial charge >= 0.3 is 0 Å². The summed E-state index contributed by atoms with van der Waals surface area (Å²) in [6, 6.07) is 0. The Morgan fingerprint density at radius 3 is 2.92 bits per heavy atom. The highest BCUT2D eigenvalue weighted by Crippen LogP contribution is 2.27. The summed E-state index contributed by atoms with van der Waals surface area (Å²) in [4.78, 5) is 4.04. The van der Waals surface area contributed by atoms with Gasteiger partial charge in [-0.05, 0) is 17.9 Å². The third kappa shape index (κ3) is 1.62. The van der Waals surface area contributed by atoms with Crippen molar-refractivity contribution in [1.82, 2.24) is 4.98 Å². The van der Waals surface area contributed by atoms with Crippen LogP contribution >= 0.6 is 22.9 Å². The highest BCUT2D eigenvalue weighted by Gasteiger charge is 2.08. The summed E-state index contributed by atoms with van der Waals surface area (Å²) in [5.74, 6) is 1.69. The molecule has 2 rings (SSSR count). The van der Waals surface area contributed by atoms with Crippen molar-refractivity contribution in [2.24, 2.45) is 0 Å². The van der Waals surface area contributed by atoms with Crippen molar-refractivity contribution in [2.45, 2.75) is 12.8 Å². The van der Waals surface area contributed by atoms with Gasteiger partial charge in [0.2, 0.25) is 5.89 Å². The summed E-state index contributed by atoms with van der Waals surface area (Å²) >= 11 is 7.24. The van der Waals surface area contributed by atoms with Gasteiger partial charge in [-0.1, -0.05) is 0 Å². The zero-order valence-electron chi connectivity index (χ0n) is 7.08. The molecule has 0 radical (unpaired) electrons. The molecule has 0 bridgehead atoms. The van der Waals surface area contributed by atoms with Crippen molar-refractivity contribution in [3.8, 4) is 11.3 Å². The summed E-state index contributed by atoms with van der Waals surface area (Å²) in [6.07, 6.45) is 1.72. The summed E-state index contributed by atoms with van der Waals surface area (Å²) in [5.41, 5.74) is 2.32. The summed E-state index contributed by atoms with van der Waals surface area (Å²) in [7, 11) is 0. The van der Waals surface area contributed by atoms with Crippen LogP contribution in [0.2, 0.25) is 0 Å². The van der Waals surface area contributed by atoms with Crippen LogP contribution < -0.4 is 0 Å². The fourth-order valence-electron chi connectivity index (χ4n) is 1.11. The summed E-state index contributed by atoms with van der Waals surface area (Å²) in [5, 5.41) is 4.13. The molecule has 2 heterocycles. The fraction of sp³-hybridized carbons (Fsp3) is 0.222. The van der Waals surface area contributed by atoms with Crippen LogP contribution in [0.5, 0.6) is 0 Å². The SMILES string of the molecule is Cc1cscc1-c1cnc(CCl)o1. The zero-order chi connectivity index (χ0) is 9.26. The highest BCUT2D eigenvalue weighted by molar-refractivity contribution is 7.08. The maximum absolute atomic E-state index is 5.59. The van der Waals surface area contributed by atoms with E-state index in [1.54, 1.807) is 17.5 Å². The van der Waals surface area contributed by atoms with Gasteiger partial charge in [0.05, 0.1) is 12.1 Å². The molecular weight excluding hydrogens is 206 g/mol. The molecule has 0 amide bonds. The Balaban J connectivity index is 2.41. The minimum atomic E-state index is 0.323. The first-order chi connectivity index (χ1) is 6.31. The number of halogens is 1. The summed E-state index contributed by atoms with van der Waals surface area (Å²) < 4.78 is 5.42. The lowest BCUT2D eigenvalue weighted by Gasteiger charge is -1.91. The number of alkyl halides is 1. The number of thiophene rings is 1. The van der Waals surface area contributed by atoms with Gasteiger partial charge in [-0.25, -0.2) is 4.98 Å². The van der Waals surface area contributed by atoms with E-state index >= 15 is 0 Å². The maximum atomic E-state index is 5.59. The Hall–Kier alpha value is -0.800. The minimum absolute atomic E-state index is 0.323. The van der Waals surface area contributed by atoms with Crippen LogP contribution in [-0.2, 0) is 5.88 Å². The Kier molecular flexibility index (Phi) is 2.38. The van der Waals surface area contributed by atoms with E-state index in [2.05, 4.69) is 17.3 Å². The van der Waals surface area contributed by atoms with Gasteiger partial charge in [-0.3, -0.25) is 0 Å². The molecule has 0 atom stereocenters. The molecule has 0 aliphatic carbocycles. The molecule has 0 aliphatic heterocycles. The molecule has 2 nitrogen and oxygen atoms in total. The Morgan fingerprint density at radius 2 is 2.38 bits per heavy atom. The van der Waals surface area contributed by atoms with Crippen LogP contribution in [0.25, 0.3) is 11.3 Å². The van der Waals surface area contributed by atoms with Crippen LogP contribution in [-0.4, -0.2) is 4.98 Å². The lowest BCUT2D eigenvalue weighted by atomic mass is 10.2. The number of hydrogen-bond donors (Lipinski definition) is 0. The maximum Gasteiger partial charge on any atom is 0.209 e. The average Bonchev–Trinajstić information content (AvgIpc) is 2.71. The number of hydrogen-bond acceptors (Lipinski definition) is 3. The lowest BCUT2D eigenvalue weighted by Crippen LogP contribution is -1.72. The van der Waals surface area contributed by atoms with E-state index in [1.165, 1.54) is 5.56 Å². The van der Waals surface area contributed by atoms with Gasteiger partial charge in [0, 0.05) is 10.9 Å². The fourth-order valence-corrected chi connectivity index (χ4v) is 2.07. The van der Waals surface area contributed by atoms with Crippen LogP contribution in [0.15, 0.2) is 21.4 Å². The summed E-state index contributed by atoms with van der Waals surface area (Å²) in [6.45, 7) is 2.05. The van der Waals surface area contributed by atoms with E-state index in [9.17, 15) is 0 Å². The van der Waals surface area contributed by atoms with Crippen LogP contribution in [0.4, 0.5) is 0 Å². The minimum Gasteiger partial charge on any atom is -0.439 e. The number of rotatable bonds is 2. The quantitative estimate of drug-likeness (QED) is 0.715. The van der Waals surface area contributed by atoms with Gasteiger partial charge in [0.15, 0.2) is 5.76 Å². The molecule has 4 heteroatoms. The third-order valence-electron chi connectivity index (χ3n) is 1.79. The first-order valence-electron chi connectivity index (χ1n) is 3.85. The van der Waals surface area contributed by atoms with E-state index in [0.717, 1.165) is 11.3 Å². The van der Waals surface area contributed by atoms with Gasteiger partial charge in [-0.2, -0.15) is 11.3 Å². The van der Waals surface area contributed by atoms with Crippen LogP contribution in [0, 0.1) is 6.92 Å². The third-order valence-corrected chi connectivity index (χ3v) is 2.88. The number of nitrogens with zero attached hydrogens (tertiary/aromatic N) is 1. The van der Waals surface area contributed by atoms with Crippen molar-refractivity contribution in [3.63, 3.8) is 0 Å². The van der Waals surface area contributed by atoms with Crippen molar-refractivity contribution >= 4 is 22.9 Å². The lowest BCUT2D eigenvalue weighted by molar-refractivity contribution is 0.528. The van der Waals surface area contributed by atoms with E-state index in [1.807, 2.05) is 5.38 Å². The van der Waals surface area contributed by atoms with Crippen molar-refractivity contribution in [1.29, 1.82) is 0 Å². The smallest absolute Gasteiger partial charge is 0.209 e. The normalized spacial score (nSPS) is 10.6. The molecule has 13 heavy (non-hydrogen) atoms.